The van der Waals surface area contributed by atoms with Crippen LogP contribution in [0.3, 0.4) is 0 Å². The summed E-state index contributed by atoms with van der Waals surface area (Å²) in [6.45, 7) is 0.442. The summed E-state index contributed by atoms with van der Waals surface area (Å²) in [5.74, 6) is -1.72. The number of carbonyl (C=O) groups excluding carboxylic acids is 1. The molecule has 0 radical (unpaired) electrons. The highest BCUT2D eigenvalue weighted by Crippen LogP contribution is 2.28. The highest BCUT2D eigenvalue weighted by atomic mass is 127. The number of phenols is 1. The second-order valence-corrected chi connectivity index (χ2v) is 6.62. The number of rotatable bonds is 2. The quantitative estimate of drug-likeness (QED) is 0.599. The van der Waals surface area contributed by atoms with Gasteiger partial charge in [0, 0.05) is 10.1 Å². The molecule has 1 atom stereocenters. The summed E-state index contributed by atoms with van der Waals surface area (Å²) >= 11 is 3.97. The molecule has 0 bridgehead atoms. The normalized spacial score (nSPS) is 18.9. The Balaban J connectivity index is 2.37. The summed E-state index contributed by atoms with van der Waals surface area (Å²) in [5.41, 5.74) is 0.120. The van der Waals surface area contributed by atoms with Crippen molar-refractivity contribution in [3.8, 4) is 5.75 Å². The van der Waals surface area contributed by atoms with Crippen LogP contribution in [0.1, 0.15) is 10.4 Å². The lowest BCUT2D eigenvalue weighted by molar-refractivity contribution is -0.147. The van der Waals surface area contributed by atoms with Gasteiger partial charge in [0.25, 0.3) is 5.91 Å². The van der Waals surface area contributed by atoms with Crippen LogP contribution in [0, 0.1) is 7.14 Å². The van der Waals surface area contributed by atoms with E-state index in [-0.39, 0.29) is 31.1 Å². The predicted octanol–water partition coefficient (Wildman–Crippen LogP) is 1.53. The van der Waals surface area contributed by atoms with Crippen LogP contribution in [0.25, 0.3) is 0 Å². The van der Waals surface area contributed by atoms with Gasteiger partial charge in [0.2, 0.25) is 0 Å². The molecule has 1 aliphatic rings. The molecule has 1 aromatic carbocycles. The molecule has 0 saturated carbocycles. The van der Waals surface area contributed by atoms with E-state index in [9.17, 15) is 14.7 Å². The number of halogens is 2. The van der Waals surface area contributed by atoms with Gasteiger partial charge in [-0.2, -0.15) is 0 Å². The van der Waals surface area contributed by atoms with Crippen molar-refractivity contribution in [3.63, 3.8) is 0 Å². The van der Waals surface area contributed by atoms with Crippen LogP contribution in [0.15, 0.2) is 12.1 Å². The van der Waals surface area contributed by atoms with Gasteiger partial charge >= 0.3 is 5.97 Å². The number of ether oxygens (including phenoxy) is 1. The van der Waals surface area contributed by atoms with Gasteiger partial charge in [-0.05, 0) is 57.3 Å². The van der Waals surface area contributed by atoms with Crippen LogP contribution >= 0.6 is 45.2 Å². The van der Waals surface area contributed by atoms with Gasteiger partial charge in [-0.25, -0.2) is 4.79 Å². The van der Waals surface area contributed by atoms with Gasteiger partial charge in [0.1, 0.15) is 5.75 Å². The van der Waals surface area contributed by atoms with E-state index >= 15 is 0 Å². The maximum Gasteiger partial charge on any atom is 0.328 e. The number of aliphatic carboxylic acids is 1. The zero-order valence-corrected chi connectivity index (χ0v) is 14.5. The number of amides is 1. The highest BCUT2D eigenvalue weighted by Gasteiger charge is 2.34. The minimum absolute atomic E-state index is 0.0388. The first-order valence-corrected chi connectivity index (χ1v) is 7.87. The Morgan fingerprint density at radius 2 is 2.05 bits per heavy atom. The van der Waals surface area contributed by atoms with Crippen molar-refractivity contribution >= 4 is 57.1 Å². The molecule has 0 spiro atoms. The number of nitrogens with zero attached hydrogens (tertiary/aromatic N) is 1. The minimum Gasteiger partial charge on any atom is -0.506 e. The summed E-state index contributed by atoms with van der Waals surface area (Å²) in [6, 6.07) is 2.27. The number of carbonyl (C=O) groups is 2. The molecule has 1 unspecified atom stereocenters. The van der Waals surface area contributed by atoms with Crippen molar-refractivity contribution in [1.82, 2.24) is 4.90 Å². The molecule has 1 aliphatic heterocycles. The molecule has 20 heavy (non-hydrogen) atoms. The predicted molar refractivity (Wildman–Crippen MR) is 86.8 cm³/mol. The smallest absolute Gasteiger partial charge is 0.328 e. The van der Waals surface area contributed by atoms with Gasteiger partial charge in [-0.15, -0.1) is 0 Å². The lowest BCUT2D eigenvalue weighted by atomic mass is 10.1. The Hall–Kier alpha value is -0.620. The Morgan fingerprint density at radius 1 is 1.35 bits per heavy atom. The molecular formula is C12H11I2NO5. The molecule has 1 saturated heterocycles. The Kier molecular flexibility index (Phi) is 5.07. The lowest BCUT2D eigenvalue weighted by Gasteiger charge is -2.33. The van der Waals surface area contributed by atoms with Gasteiger partial charge in [-0.1, -0.05) is 0 Å². The van der Waals surface area contributed by atoms with Crippen LogP contribution in [0.4, 0.5) is 0 Å². The van der Waals surface area contributed by atoms with E-state index in [4.69, 9.17) is 9.84 Å². The van der Waals surface area contributed by atoms with Crippen LogP contribution in [-0.4, -0.2) is 52.8 Å². The maximum atomic E-state index is 12.5. The third-order valence-corrected chi connectivity index (χ3v) is 4.38. The van der Waals surface area contributed by atoms with Gasteiger partial charge in [0.15, 0.2) is 6.04 Å². The number of carboxylic acids is 1. The maximum absolute atomic E-state index is 12.5. The molecule has 1 amide bonds. The third-order valence-electron chi connectivity index (χ3n) is 2.93. The van der Waals surface area contributed by atoms with Crippen molar-refractivity contribution in [1.29, 1.82) is 0 Å². The van der Waals surface area contributed by atoms with Crippen molar-refractivity contribution in [2.45, 2.75) is 6.04 Å². The number of carboxylic acid groups (broad SMARTS) is 1. The number of hydrogen-bond donors (Lipinski definition) is 2. The topological polar surface area (TPSA) is 87.1 Å². The molecule has 1 aromatic rings. The first-order valence-electron chi connectivity index (χ1n) is 5.71. The first-order chi connectivity index (χ1) is 9.41. The molecule has 8 heteroatoms. The fraction of sp³-hybridized carbons (Fsp3) is 0.333. The SMILES string of the molecule is O=C(O)C1COCCN1C(=O)c1cc(I)cc(I)c1O. The fourth-order valence-electron chi connectivity index (χ4n) is 1.94. The largest absolute Gasteiger partial charge is 0.506 e. The number of aromatic hydroxyl groups is 1. The zero-order valence-electron chi connectivity index (χ0n) is 10.2. The molecule has 2 rings (SSSR count). The standard InChI is InChI=1S/C12H11I2NO5/c13-6-3-7(10(16)8(14)4-6)11(17)15-1-2-20-5-9(15)12(18)19/h3-4,9,16H,1-2,5H2,(H,18,19). The summed E-state index contributed by atoms with van der Waals surface area (Å²) in [6.07, 6.45) is 0. The Bertz CT molecular complexity index is 563. The second kappa shape index (κ2) is 6.43. The van der Waals surface area contributed by atoms with E-state index < -0.39 is 17.9 Å². The van der Waals surface area contributed by atoms with Crippen LogP contribution in [0.5, 0.6) is 5.75 Å². The number of phenolic OH excluding ortho intramolecular Hbond substituents is 1. The van der Waals surface area contributed by atoms with Crippen LogP contribution < -0.4 is 0 Å². The first kappa shape index (κ1) is 15.8. The summed E-state index contributed by atoms with van der Waals surface area (Å²) in [4.78, 5) is 24.9. The fourth-order valence-corrected chi connectivity index (χ4v) is 3.78. The molecule has 6 nitrogen and oxygen atoms in total. The molecule has 0 aromatic heterocycles. The molecule has 2 N–H and O–H groups in total. The average Bonchev–Trinajstić information content (AvgIpc) is 2.42. The van der Waals surface area contributed by atoms with Crippen LogP contribution in [-0.2, 0) is 9.53 Å². The Morgan fingerprint density at radius 3 is 2.70 bits per heavy atom. The van der Waals surface area contributed by atoms with Gasteiger partial charge in [-0.3, -0.25) is 4.79 Å². The highest BCUT2D eigenvalue weighted by molar-refractivity contribution is 14.1. The minimum atomic E-state index is -1.11. The molecule has 108 valence electrons. The monoisotopic (exact) mass is 503 g/mol. The Labute approximate surface area is 142 Å². The number of morpholine rings is 1. The van der Waals surface area contributed by atoms with Crippen molar-refractivity contribution in [2.24, 2.45) is 0 Å². The average molecular weight is 503 g/mol. The van der Waals surface area contributed by atoms with Crippen molar-refractivity contribution < 1.29 is 24.5 Å². The van der Waals surface area contributed by atoms with E-state index in [0.29, 0.717) is 3.57 Å². The summed E-state index contributed by atoms with van der Waals surface area (Å²) in [7, 11) is 0. The van der Waals surface area contributed by atoms with Gasteiger partial charge in [0.05, 0.1) is 22.3 Å². The van der Waals surface area contributed by atoms with Gasteiger partial charge < -0.3 is 19.8 Å². The second-order valence-electron chi connectivity index (χ2n) is 4.21. The number of benzene rings is 1. The van der Waals surface area contributed by atoms with E-state index in [1.807, 2.05) is 45.2 Å². The van der Waals surface area contributed by atoms with E-state index in [1.54, 1.807) is 12.1 Å². The lowest BCUT2D eigenvalue weighted by Crippen LogP contribution is -2.52. The van der Waals surface area contributed by atoms with Crippen molar-refractivity contribution in [2.75, 3.05) is 19.8 Å². The van der Waals surface area contributed by atoms with Crippen molar-refractivity contribution in [3.05, 3.63) is 24.8 Å². The summed E-state index contributed by atoms with van der Waals surface area (Å²) in [5, 5.41) is 19.2. The molecule has 0 aliphatic carbocycles. The molecular weight excluding hydrogens is 492 g/mol. The zero-order chi connectivity index (χ0) is 14.9. The van der Waals surface area contributed by atoms with Crippen LogP contribution in [0.2, 0.25) is 0 Å². The molecule has 1 heterocycles. The van der Waals surface area contributed by atoms with E-state index in [0.717, 1.165) is 3.57 Å². The molecule has 1 fully saturated rings. The van der Waals surface area contributed by atoms with E-state index in [1.165, 1.54) is 4.90 Å². The number of hydrogen-bond acceptors (Lipinski definition) is 4. The summed E-state index contributed by atoms with van der Waals surface area (Å²) < 4.78 is 6.45. The van der Waals surface area contributed by atoms with E-state index in [2.05, 4.69) is 0 Å². The third kappa shape index (κ3) is 3.17.